The van der Waals surface area contributed by atoms with E-state index in [1.165, 1.54) is 0 Å². The second kappa shape index (κ2) is 7.84. The summed E-state index contributed by atoms with van der Waals surface area (Å²) < 4.78 is 32.2. The first-order valence-electron chi connectivity index (χ1n) is 10.9. The summed E-state index contributed by atoms with van der Waals surface area (Å²) in [6.07, 6.45) is -3.71. The molecule has 0 aromatic rings. The largest absolute Gasteiger partial charge is 0.427 e. The van der Waals surface area contributed by atoms with Crippen LogP contribution in [-0.4, -0.2) is 107 Å². The Kier molecular flexibility index (Phi) is 5.49. The maximum absolute atomic E-state index is 13.3. The number of aliphatic hydroxyl groups excluding tert-OH is 2. The zero-order chi connectivity index (χ0) is 22.7. The molecule has 180 valence electrons. The molecule has 0 radical (unpaired) electrons. The third-order valence-electron chi connectivity index (χ3n) is 7.13. The molecule has 4 N–H and O–H groups in total. The van der Waals surface area contributed by atoms with Gasteiger partial charge in [0.25, 0.3) is 11.6 Å². The van der Waals surface area contributed by atoms with Crippen molar-refractivity contribution >= 4 is 11.9 Å². The van der Waals surface area contributed by atoms with Crippen LogP contribution < -0.4 is 0 Å². The highest BCUT2D eigenvalue weighted by Gasteiger charge is 2.63. The summed E-state index contributed by atoms with van der Waals surface area (Å²) >= 11 is 0. The minimum absolute atomic E-state index is 0.0795. The van der Waals surface area contributed by atoms with E-state index in [2.05, 4.69) is 0 Å². The molecule has 1 aliphatic carbocycles. The number of ether oxygens (including phenoxy) is 6. The van der Waals surface area contributed by atoms with E-state index in [0.717, 1.165) is 6.42 Å². The molecule has 5 fully saturated rings. The predicted octanol–water partition coefficient (Wildman–Crippen LogP) is -2.28. The van der Waals surface area contributed by atoms with E-state index in [4.69, 9.17) is 28.4 Å². The first-order chi connectivity index (χ1) is 15.2. The maximum atomic E-state index is 13.3. The minimum Gasteiger partial charge on any atom is -0.427 e. The molecule has 0 aromatic heterocycles. The van der Waals surface area contributed by atoms with E-state index in [1.807, 2.05) is 0 Å². The average molecular weight is 460 g/mol. The number of carbonyl (C=O) groups is 2. The molecule has 4 heterocycles. The molecule has 0 aromatic carbocycles. The first-order valence-corrected chi connectivity index (χ1v) is 10.9. The van der Waals surface area contributed by atoms with Crippen LogP contribution in [-0.2, 0) is 38.0 Å². The molecule has 5 rings (SSSR count). The van der Waals surface area contributed by atoms with Crippen LogP contribution >= 0.6 is 0 Å². The lowest BCUT2D eigenvalue weighted by Crippen LogP contribution is -2.55. The summed E-state index contributed by atoms with van der Waals surface area (Å²) in [4.78, 5) is 26.6. The summed E-state index contributed by atoms with van der Waals surface area (Å²) in [5.74, 6) is -6.35. The standard InChI is InChI=1S/C20H28O12/c21-10-6-27-14-12(10)29-8-19(14,25)31-16(23)18(4-2-1-3-5-18)17(24)32-20(26)9-30-13-11(22)7-28-15(13)20/h10-15,21-22,25-26H,1-9H2/t10-,11-,12-,13-,14+,15+,19+,20+/m1/s1. The van der Waals surface area contributed by atoms with Crippen molar-refractivity contribution < 1.29 is 58.4 Å². The number of esters is 2. The SMILES string of the molecule is O=C(O[C@@]1(O)CO[C@@H]2[C@H](O)CO[C@@H]21)C1(C(=O)O[C@@]2(O)CO[C@@H]3[C@H](O)CO[C@@H]32)CCCCC1. The van der Waals surface area contributed by atoms with Crippen molar-refractivity contribution in [3.05, 3.63) is 0 Å². The average Bonchev–Trinajstić information content (AvgIpc) is 3.49. The molecule has 12 heteroatoms. The third-order valence-corrected chi connectivity index (χ3v) is 7.13. The highest BCUT2D eigenvalue weighted by molar-refractivity contribution is 6.00. The quantitative estimate of drug-likeness (QED) is 0.202. The van der Waals surface area contributed by atoms with Gasteiger partial charge in [-0.1, -0.05) is 19.3 Å². The van der Waals surface area contributed by atoms with E-state index in [9.17, 15) is 30.0 Å². The van der Waals surface area contributed by atoms with Crippen molar-refractivity contribution in [3.8, 4) is 0 Å². The first kappa shape index (κ1) is 22.4. The van der Waals surface area contributed by atoms with Gasteiger partial charge >= 0.3 is 11.9 Å². The monoisotopic (exact) mass is 460 g/mol. The Morgan fingerprint density at radius 2 is 1.16 bits per heavy atom. The van der Waals surface area contributed by atoms with E-state index >= 15 is 0 Å². The van der Waals surface area contributed by atoms with Gasteiger partial charge in [0.2, 0.25) is 0 Å². The maximum Gasteiger partial charge on any atom is 0.326 e. The van der Waals surface area contributed by atoms with Crippen molar-refractivity contribution in [2.45, 2.75) is 80.3 Å². The Labute approximate surface area is 183 Å². The van der Waals surface area contributed by atoms with E-state index in [-0.39, 0.29) is 26.1 Å². The van der Waals surface area contributed by atoms with Gasteiger partial charge in [0.05, 0.1) is 13.2 Å². The van der Waals surface area contributed by atoms with Crippen molar-refractivity contribution in [1.82, 2.24) is 0 Å². The number of hydrogen-bond donors (Lipinski definition) is 4. The van der Waals surface area contributed by atoms with Gasteiger partial charge in [-0.25, -0.2) is 0 Å². The van der Waals surface area contributed by atoms with Crippen LogP contribution in [0.2, 0.25) is 0 Å². The highest BCUT2D eigenvalue weighted by atomic mass is 16.7. The second-order valence-electron chi connectivity index (χ2n) is 9.31. The molecule has 0 amide bonds. The molecule has 5 aliphatic rings. The number of aliphatic hydroxyl groups is 4. The molecule has 0 bridgehead atoms. The zero-order valence-electron chi connectivity index (χ0n) is 17.4. The lowest BCUT2D eigenvalue weighted by molar-refractivity contribution is -0.259. The van der Waals surface area contributed by atoms with Crippen LogP contribution in [0.5, 0.6) is 0 Å². The van der Waals surface area contributed by atoms with Crippen molar-refractivity contribution in [2.75, 3.05) is 26.4 Å². The van der Waals surface area contributed by atoms with E-state index in [1.54, 1.807) is 0 Å². The van der Waals surface area contributed by atoms with E-state index < -0.39 is 78.8 Å². The Morgan fingerprint density at radius 3 is 1.59 bits per heavy atom. The fraction of sp³-hybridized carbons (Fsp3) is 0.900. The van der Waals surface area contributed by atoms with Crippen LogP contribution in [0.4, 0.5) is 0 Å². The van der Waals surface area contributed by atoms with Crippen LogP contribution in [0.1, 0.15) is 32.1 Å². The summed E-state index contributed by atoms with van der Waals surface area (Å²) in [7, 11) is 0. The Bertz CT molecular complexity index is 712. The van der Waals surface area contributed by atoms with Gasteiger partial charge in [-0.05, 0) is 12.8 Å². The van der Waals surface area contributed by atoms with Gasteiger partial charge in [-0.3, -0.25) is 9.59 Å². The number of carbonyl (C=O) groups excluding carboxylic acids is 2. The summed E-state index contributed by atoms with van der Waals surface area (Å²) in [6.45, 7) is -0.985. The molecule has 4 aliphatic heterocycles. The molecular formula is C20H28O12. The topological polar surface area (TPSA) is 170 Å². The third kappa shape index (κ3) is 3.36. The lowest BCUT2D eigenvalue weighted by atomic mass is 9.74. The Morgan fingerprint density at radius 1 is 0.719 bits per heavy atom. The van der Waals surface area contributed by atoms with Crippen molar-refractivity contribution in [1.29, 1.82) is 0 Å². The molecule has 12 nitrogen and oxygen atoms in total. The van der Waals surface area contributed by atoms with Crippen molar-refractivity contribution in [3.63, 3.8) is 0 Å². The number of fused-ring (bicyclic) bond motifs is 2. The second-order valence-corrected chi connectivity index (χ2v) is 9.31. The van der Waals surface area contributed by atoms with Crippen LogP contribution in [0.15, 0.2) is 0 Å². The lowest BCUT2D eigenvalue weighted by Gasteiger charge is -2.38. The molecule has 0 spiro atoms. The van der Waals surface area contributed by atoms with Gasteiger partial charge in [-0.15, -0.1) is 0 Å². The molecule has 8 atom stereocenters. The number of rotatable bonds is 4. The molecule has 0 unspecified atom stereocenters. The number of hydrogen-bond acceptors (Lipinski definition) is 12. The molecular weight excluding hydrogens is 432 g/mol. The molecule has 1 saturated carbocycles. The van der Waals surface area contributed by atoms with Crippen molar-refractivity contribution in [2.24, 2.45) is 5.41 Å². The minimum atomic E-state index is -2.17. The van der Waals surface area contributed by atoms with Crippen LogP contribution in [0.3, 0.4) is 0 Å². The summed E-state index contributed by atoms with van der Waals surface area (Å²) in [5, 5.41) is 41.6. The van der Waals surface area contributed by atoms with Crippen LogP contribution in [0, 0.1) is 5.41 Å². The summed E-state index contributed by atoms with van der Waals surface area (Å²) in [6, 6.07) is 0. The molecule has 32 heavy (non-hydrogen) atoms. The smallest absolute Gasteiger partial charge is 0.326 e. The van der Waals surface area contributed by atoms with Gasteiger partial charge in [0.1, 0.15) is 37.6 Å². The van der Waals surface area contributed by atoms with Crippen LogP contribution in [0.25, 0.3) is 0 Å². The fourth-order valence-electron chi connectivity index (χ4n) is 5.29. The zero-order valence-corrected chi connectivity index (χ0v) is 17.4. The van der Waals surface area contributed by atoms with Gasteiger partial charge in [0.15, 0.2) is 17.6 Å². The predicted molar refractivity (Wildman–Crippen MR) is 98.6 cm³/mol. The Balaban J connectivity index is 1.34. The Hall–Kier alpha value is -1.38. The highest BCUT2D eigenvalue weighted by Crippen LogP contribution is 2.44. The van der Waals surface area contributed by atoms with Gasteiger partial charge < -0.3 is 48.8 Å². The summed E-state index contributed by atoms with van der Waals surface area (Å²) in [5.41, 5.74) is -1.76. The normalized spacial score (nSPS) is 47.1. The van der Waals surface area contributed by atoms with E-state index in [0.29, 0.717) is 12.8 Å². The molecule has 4 saturated heterocycles. The fourth-order valence-corrected chi connectivity index (χ4v) is 5.29. The van der Waals surface area contributed by atoms with Gasteiger partial charge in [-0.2, -0.15) is 0 Å². The van der Waals surface area contributed by atoms with Gasteiger partial charge in [0, 0.05) is 0 Å².